The van der Waals surface area contributed by atoms with Crippen LogP contribution in [0.5, 0.6) is 0 Å². The average Bonchev–Trinajstić information content (AvgIpc) is 2.54. The third kappa shape index (κ3) is 4.17. The summed E-state index contributed by atoms with van der Waals surface area (Å²) in [4.78, 5) is 49.9. The van der Waals surface area contributed by atoms with E-state index < -0.39 is 29.4 Å². The molecule has 0 aromatic carbocycles. The predicted molar refractivity (Wildman–Crippen MR) is 73.5 cm³/mol. The SMILES string of the molecule is CN1CC(=O)N(CC(=O)N(CCC(=O)O)C(C)(C)C)C1=O. The molecule has 0 spiro atoms. The largest absolute Gasteiger partial charge is 0.481 e. The van der Waals surface area contributed by atoms with Gasteiger partial charge in [0, 0.05) is 19.1 Å². The first-order chi connectivity index (χ1) is 9.54. The molecule has 0 radical (unpaired) electrons. The summed E-state index contributed by atoms with van der Waals surface area (Å²) < 4.78 is 0. The maximum atomic E-state index is 12.3. The minimum absolute atomic E-state index is 0.0315. The van der Waals surface area contributed by atoms with E-state index in [0.717, 1.165) is 4.90 Å². The van der Waals surface area contributed by atoms with Crippen LogP contribution in [0.25, 0.3) is 0 Å². The van der Waals surface area contributed by atoms with Crippen LogP contribution < -0.4 is 0 Å². The molecule has 8 nitrogen and oxygen atoms in total. The Morgan fingerprint density at radius 3 is 2.24 bits per heavy atom. The van der Waals surface area contributed by atoms with E-state index in [2.05, 4.69) is 0 Å². The van der Waals surface area contributed by atoms with Crippen LogP contribution in [-0.4, -0.2) is 75.8 Å². The molecule has 1 rings (SSSR count). The smallest absolute Gasteiger partial charge is 0.327 e. The Labute approximate surface area is 123 Å². The Kier molecular flexibility index (Phi) is 4.93. The second kappa shape index (κ2) is 6.11. The number of rotatable bonds is 5. The van der Waals surface area contributed by atoms with E-state index in [4.69, 9.17) is 5.11 Å². The van der Waals surface area contributed by atoms with Gasteiger partial charge in [0.1, 0.15) is 13.1 Å². The van der Waals surface area contributed by atoms with E-state index >= 15 is 0 Å². The lowest BCUT2D eigenvalue weighted by Gasteiger charge is -2.36. The van der Waals surface area contributed by atoms with E-state index in [1.807, 2.05) is 0 Å². The highest BCUT2D eigenvalue weighted by Gasteiger charge is 2.37. The summed E-state index contributed by atoms with van der Waals surface area (Å²) >= 11 is 0. The summed E-state index contributed by atoms with van der Waals surface area (Å²) in [5.41, 5.74) is -0.593. The van der Waals surface area contributed by atoms with E-state index in [1.54, 1.807) is 20.8 Å². The number of aliphatic carboxylic acids is 1. The van der Waals surface area contributed by atoms with Gasteiger partial charge in [-0.05, 0) is 20.8 Å². The fourth-order valence-corrected chi connectivity index (χ4v) is 2.09. The Balaban J connectivity index is 2.79. The second-order valence-corrected chi connectivity index (χ2v) is 5.98. The molecule has 0 saturated carbocycles. The minimum Gasteiger partial charge on any atom is -0.481 e. The van der Waals surface area contributed by atoms with Crippen LogP contribution in [0.4, 0.5) is 4.79 Å². The molecule has 118 valence electrons. The number of carbonyl (C=O) groups is 4. The molecule has 0 aliphatic carbocycles. The summed E-state index contributed by atoms with van der Waals surface area (Å²) in [7, 11) is 1.48. The van der Waals surface area contributed by atoms with Crippen LogP contribution in [0, 0.1) is 0 Å². The molecule has 1 heterocycles. The van der Waals surface area contributed by atoms with Gasteiger partial charge >= 0.3 is 12.0 Å². The highest BCUT2D eigenvalue weighted by atomic mass is 16.4. The highest BCUT2D eigenvalue weighted by molar-refractivity contribution is 6.04. The molecule has 0 atom stereocenters. The van der Waals surface area contributed by atoms with Crippen LogP contribution >= 0.6 is 0 Å². The second-order valence-electron chi connectivity index (χ2n) is 5.98. The number of urea groups is 1. The van der Waals surface area contributed by atoms with Gasteiger partial charge < -0.3 is 14.9 Å². The molecule has 21 heavy (non-hydrogen) atoms. The van der Waals surface area contributed by atoms with Crippen molar-refractivity contribution in [2.45, 2.75) is 32.7 Å². The molecule has 1 aliphatic rings. The van der Waals surface area contributed by atoms with Crippen LogP contribution in [0.1, 0.15) is 27.2 Å². The number of imide groups is 1. The van der Waals surface area contributed by atoms with Crippen molar-refractivity contribution in [3.05, 3.63) is 0 Å². The van der Waals surface area contributed by atoms with E-state index in [0.29, 0.717) is 0 Å². The minimum atomic E-state index is -1.01. The van der Waals surface area contributed by atoms with Crippen molar-refractivity contribution >= 4 is 23.8 Å². The van der Waals surface area contributed by atoms with Gasteiger partial charge in [-0.25, -0.2) is 4.79 Å². The number of amides is 4. The van der Waals surface area contributed by atoms with Crippen molar-refractivity contribution < 1.29 is 24.3 Å². The van der Waals surface area contributed by atoms with Gasteiger partial charge in [0.2, 0.25) is 5.91 Å². The zero-order valence-electron chi connectivity index (χ0n) is 12.8. The average molecular weight is 299 g/mol. The van der Waals surface area contributed by atoms with Gasteiger partial charge in [-0.1, -0.05) is 0 Å². The van der Waals surface area contributed by atoms with E-state index in [9.17, 15) is 19.2 Å². The van der Waals surface area contributed by atoms with Crippen LogP contribution in [0.2, 0.25) is 0 Å². The van der Waals surface area contributed by atoms with Gasteiger partial charge in [-0.15, -0.1) is 0 Å². The number of hydrogen-bond donors (Lipinski definition) is 1. The quantitative estimate of drug-likeness (QED) is 0.720. The Hall–Kier alpha value is -2.12. The Morgan fingerprint density at radius 2 is 1.86 bits per heavy atom. The molecule has 4 amide bonds. The maximum absolute atomic E-state index is 12.3. The number of carbonyl (C=O) groups excluding carboxylic acids is 3. The van der Waals surface area contributed by atoms with Crippen LogP contribution in [0.3, 0.4) is 0 Å². The lowest BCUT2D eigenvalue weighted by molar-refractivity contribution is -0.143. The third-order valence-corrected chi connectivity index (χ3v) is 3.18. The standard InChI is InChI=1S/C13H21N3O5/c1-13(2,3)16(6-5-11(19)20)10(18)8-15-9(17)7-14(4)12(15)21/h5-8H2,1-4H3,(H,19,20). The van der Waals surface area contributed by atoms with Crippen molar-refractivity contribution in [3.8, 4) is 0 Å². The van der Waals surface area contributed by atoms with Crippen molar-refractivity contribution in [2.24, 2.45) is 0 Å². The van der Waals surface area contributed by atoms with Crippen LogP contribution in [-0.2, 0) is 14.4 Å². The first kappa shape index (κ1) is 16.9. The van der Waals surface area contributed by atoms with E-state index in [-0.39, 0.29) is 26.1 Å². The van der Waals surface area contributed by atoms with Crippen molar-refractivity contribution in [3.63, 3.8) is 0 Å². The number of carboxylic acid groups (broad SMARTS) is 1. The summed E-state index contributed by atoms with van der Waals surface area (Å²) in [6.45, 7) is 4.94. The number of nitrogens with zero attached hydrogens (tertiary/aromatic N) is 3. The highest BCUT2D eigenvalue weighted by Crippen LogP contribution is 2.16. The molecule has 0 unspecified atom stereocenters. The monoisotopic (exact) mass is 299 g/mol. The fraction of sp³-hybridized carbons (Fsp3) is 0.692. The summed E-state index contributed by atoms with van der Waals surface area (Å²) in [5.74, 6) is -1.88. The summed E-state index contributed by atoms with van der Waals surface area (Å²) in [6, 6.07) is -0.513. The molecule has 1 aliphatic heterocycles. The van der Waals surface area contributed by atoms with Gasteiger partial charge in [0.05, 0.1) is 6.42 Å². The van der Waals surface area contributed by atoms with E-state index in [1.165, 1.54) is 16.8 Å². The third-order valence-electron chi connectivity index (χ3n) is 3.18. The number of hydrogen-bond acceptors (Lipinski definition) is 4. The van der Waals surface area contributed by atoms with Crippen molar-refractivity contribution in [1.29, 1.82) is 0 Å². The first-order valence-electron chi connectivity index (χ1n) is 6.61. The normalized spacial score (nSPS) is 15.6. The zero-order chi connectivity index (χ0) is 16.4. The molecule has 1 fully saturated rings. The predicted octanol–water partition coefficient (Wildman–Crippen LogP) is -0.0178. The van der Waals surface area contributed by atoms with Crippen molar-refractivity contribution in [2.75, 3.05) is 26.7 Å². The van der Waals surface area contributed by atoms with Crippen molar-refractivity contribution in [1.82, 2.24) is 14.7 Å². The zero-order valence-corrected chi connectivity index (χ0v) is 12.8. The first-order valence-corrected chi connectivity index (χ1v) is 6.61. The van der Waals surface area contributed by atoms with Crippen LogP contribution in [0.15, 0.2) is 0 Å². The molecular formula is C13H21N3O5. The molecule has 1 saturated heterocycles. The Morgan fingerprint density at radius 1 is 1.29 bits per heavy atom. The number of likely N-dealkylation sites (N-methyl/N-ethyl adjacent to an activating group) is 1. The maximum Gasteiger partial charge on any atom is 0.327 e. The molecule has 0 aromatic heterocycles. The summed E-state index contributed by atoms with van der Waals surface area (Å²) in [6.07, 6.45) is -0.190. The topological polar surface area (TPSA) is 98.2 Å². The van der Waals surface area contributed by atoms with Gasteiger partial charge in [0.25, 0.3) is 5.91 Å². The molecule has 0 aromatic rings. The fourth-order valence-electron chi connectivity index (χ4n) is 2.09. The lowest BCUT2D eigenvalue weighted by atomic mass is 10.1. The molecule has 8 heteroatoms. The lowest BCUT2D eigenvalue weighted by Crippen LogP contribution is -2.51. The van der Waals surface area contributed by atoms with Gasteiger partial charge in [-0.2, -0.15) is 0 Å². The summed E-state index contributed by atoms with van der Waals surface area (Å²) in [5, 5.41) is 8.75. The molecular weight excluding hydrogens is 278 g/mol. The Bertz CT molecular complexity index is 469. The molecule has 0 bridgehead atoms. The number of carboxylic acids is 1. The van der Waals surface area contributed by atoms with Gasteiger partial charge in [0.15, 0.2) is 0 Å². The van der Waals surface area contributed by atoms with Gasteiger partial charge in [-0.3, -0.25) is 19.3 Å². The molecule has 1 N–H and O–H groups in total.